The van der Waals surface area contributed by atoms with Crippen molar-refractivity contribution in [3.8, 4) is 5.75 Å². The SMILES string of the molecule is COc1ccc(Cl)cc1SC=O. The van der Waals surface area contributed by atoms with Crippen molar-refractivity contribution in [3.63, 3.8) is 0 Å². The average Bonchev–Trinajstić information content (AvgIpc) is 2.05. The highest BCUT2D eigenvalue weighted by atomic mass is 35.5. The van der Waals surface area contributed by atoms with Gasteiger partial charge in [0.1, 0.15) is 5.75 Å². The summed E-state index contributed by atoms with van der Waals surface area (Å²) in [5, 5.41) is 0.597. The molecule has 0 aliphatic heterocycles. The predicted molar refractivity (Wildman–Crippen MR) is 50.6 cm³/mol. The molecule has 0 amide bonds. The Morgan fingerprint density at radius 2 is 2.33 bits per heavy atom. The maximum Gasteiger partial charge on any atom is 0.181 e. The summed E-state index contributed by atoms with van der Waals surface area (Å²) >= 11 is 6.78. The minimum Gasteiger partial charge on any atom is -0.496 e. The third-order valence-corrected chi connectivity index (χ3v) is 2.21. The molecule has 0 N–H and O–H groups in total. The van der Waals surface area contributed by atoms with Crippen molar-refractivity contribution < 1.29 is 9.53 Å². The summed E-state index contributed by atoms with van der Waals surface area (Å²) in [4.78, 5) is 11.0. The number of hydrogen-bond acceptors (Lipinski definition) is 3. The first-order valence-corrected chi connectivity index (χ1v) is 4.47. The molecular formula is C8H7ClO2S. The first-order chi connectivity index (χ1) is 5.77. The lowest BCUT2D eigenvalue weighted by Gasteiger charge is -2.04. The number of methoxy groups -OCH3 is 1. The van der Waals surface area contributed by atoms with Crippen molar-refractivity contribution in [2.24, 2.45) is 0 Å². The van der Waals surface area contributed by atoms with E-state index < -0.39 is 0 Å². The van der Waals surface area contributed by atoms with Crippen LogP contribution in [0, 0.1) is 0 Å². The van der Waals surface area contributed by atoms with Gasteiger partial charge in [0.2, 0.25) is 0 Å². The highest BCUT2D eigenvalue weighted by Gasteiger charge is 2.02. The van der Waals surface area contributed by atoms with Gasteiger partial charge in [-0.3, -0.25) is 4.79 Å². The van der Waals surface area contributed by atoms with Gasteiger partial charge in [0.15, 0.2) is 5.62 Å². The fourth-order valence-electron chi connectivity index (χ4n) is 0.794. The Kier molecular flexibility index (Phi) is 3.44. The molecule has 0 spiro atoms. The lowest BCUT2D eigenvalue weighted by atomic mass is 10.3. The van der Waals surface area contributed by atoms with Crippen LogP contribution in [0.15, 0.2) is 23.1 Å². The molecular weight excluding hydrogens is 196 g/mol. The molecule has 0 aliphatic carbocycles. The third kappa shape index (κ3) is 2.16. The molecule has 0 saturated carbocycles. The summed E-state index contributed by atoms with van der Waals surface area (Å²) in [5.74, 6) is 0.663. The molecule has 1 rings (SSSR count). The second-order valence-corrected chi connectivity index (χ2v) is 3.31. The van der Waals surface area contributed by atoms with Gasteiger partial charge in [0, 0.05) is 5.02 Å². The van der Waals surface area contributed by atoms with Crippen molar-refractivity contribution in [3.05, 3.63) is 23.2 Å². The van der Waals surface area contributed by atoms with E-state index in [0.29, 0.717) is 10.8 Å². The first-order valence-electron chi connectivity index (χ1n) is 3.21. The number of carbonyl (C=O) groups is 1. The number of rotatable bonds is 3. The number of benzene rings is 1. The van der Waals surface area contributed by atoms with Crippen LogP contribution in [0.25, 0.3) is 0 Å². The molecule has 2 nitrogen and oxygen atoms in total. The highest BCUT2D eigenvalue weighted by molar-refractivity contribution is 8.12. The fraction of sp³-hybridized carbons (Fsp3) is 0.125. The van der Waals surface area contributed by atoms with Gasteiger partial charge in [-0.15, -0.1) is 0 Å². The number of ether oxygens (including phenoxy) is 1. The Bertz CT molecular complexity index is 288. The fourth-order valence-corrected chi connectivity index (χ4v) is 1.60. The zero-order valence-corrected chi connectivity index (χ0v) is 7.98. The largest absolute Gasteiger partial charge is 0.496 e. The van der Waals surface area contributed by atoms with Crippen LogP contribution < -0.4 is 4.74 Å². The van der Waals surface area contributed by atoms with Gasteiger partial charge in [0.05, 0.1) is 12.0 Å². The average molecular weight is 203 g/mol. The lowest BCUT2D eigenvalue weighted by molar-refractivity contribution is 0.405. The topological polar surface area (TPSA) is 26.3 Å². The van der Waals surface area contributed by atoms with Gasteiger partial charge >= 0.3 is 0 Å². The van der Waals surface area contributed by atoms with Crippen molar-refractivity contribution in [2.45, 2.75) is 4.90 Å². The smallest absolute Gasteiger partial charge is 0.181 e. The van der Waals surface area contributed by atoms with E-state index in [1.165, 1.54) is 0 Å². The Morgan fingerprint density at radius 1 is 1.58 bits per heavy atom. The van der Waals surface area contributed by atoms with E-state index in [9.17, 15) is 4.79 Å². The van der Waals surface area contributed by atoms with Gasteiger partial charge in [0.25, 0.3) is 0 Å². The molecule has 0 atom stereocenters. The minimum absolute atomic E-state index is 0.597. The number of thioether (sulfide) groups is 1. The summed E-state index contributed by atoms with van der Waals surface area (Å²) in [6.07, 6.45) is 0. The summed E-state index contributed by atoms with van der Waals surface area (Å²) in [7, 11) is 1.55. The quantitative estimate of drug-likeness (QED) is 0.557. The van der Waals surface area contributed by atoms with E-state index >= 15 is 0 Å². The van der Waals surface area contributed by atoms with Gasteiger partial charge in [-0.1, -0.05) is 23.4 Å². The van der Waals surface area contributed by atoms with Crippen LogP contribution in [0.2, 0.25) is 5.02 Å². The molecule has 0 aromatic heterocycles. The summed E-state index contributed by atoms with van der Waals surface area (Å²) < 4.78 is 5.01. The zero-order chi connectivity index (χ0) is 8.97. The van der Waals surface area contributed by atoms with Crippen molar-refractivity contribution in [1.29, 1.82) is 0 Å². The van der Waals surface area contributed by atoms with Crippen LogP contribution in [-0.4, -0.2) is 12.7 Å². The molecule has 0 fully saturated rings. The standard InChI is InChI=1S/C8H7ClO2S/c1-11-7-3-2-6(9)4-8(7)12-5-10/h2-5H,1H3. The van der Waals surface area contributed by atoms with Crippen LogP contribution in [0.1, 0.15) is 0 Å². The highest BCUT2D eigenvalue weighted by Crippen LogP contribution is 2.30. The normalized spacial score (nSPS) is 9.50. The maximum atomic E-state index is 10.2. The molecule has 0 saturated heterocycles. The van der Waals surface area contributed by atoms with E-state index in [2.05, 4.69) is 0 Å². The van der Waals surface area contributed by atoms with Crippen LogP contribution in [0.3, 0.4) is 0 Å². The maximum absolute atomic E-state index is 10.2. The number of carbonyl (C=O) groups excluding carboxylic acids is 1. The zero-order valence-electron chi connectivity index (χ0n) is 6.41. The predicted octanol–water partition coefficient (Wildman–Crippen LogP) is 2.63. The molecule has 0 aliphatic rings. The van der Waals surface area contributed by atoms with E-state index in [4.69, 9.17) is 16.3 Å². The van der Waals surface area contributed by atoms with E-state index in [0.717, 1.165) is 22.3 Å². The molecule has 0 radical (unpaired) electrons. The summed E-state index contributed by atoms with van der Waals surface area (Å²) in [6, 6.07) is 5.14. The Morgan fingerprint density at radius 3 is 2.92 bits per heavy atom. The van der Waals surface area contributed by atoms with Crippen LogP contribution in [0.5, 0.6) is 5.75 Å². The second kappa shape index (κ2) is 4.38. The Balaban J connectivity index is 3.03. The molecule has 0 heterocycles. The van der Waals surface area contributed by atoms with Gasteiger partial charge in [-0.25, -0.2) is 0 Å². The molecule has 1 aromatic rings. The van der Waals surface area contributed by atoms with Gasteiger partial charge in [-0.05, 0) is 18.2 Å². The van der Waals surface area contributed by atoms with E-state index in [1.807, 2.05) is 0 Å². The molecule has 64 valence electrons. The Hall–Kier alpha value is -0.670. The summed E-state index contributed by atoms with van der Waals surface area (Å²) in [6.45, 7) is 0. The number of halogens is 1. The number of hydrogen-bond donors (Lipinski definition) is 0. The minimum atomic E-state index is 0.597. The lowest BCUT2D eigenvalue weighted by Crippen LogP contribution is -1.85. The van der Waals surface area contributed by atoms with Crippen LogP contribution in [0.4, 0.5) is 0 Å². The molecule has 4 heteroatoms. The molecule has 1 aromatic carbocycles. The molecule has 0 unspecified atom stereocenters. The second-order valence-electron chi connectivity index (χ2n) is 2.01. The van der Waals surface area contributed by atoms with E-state index in [1.54, 1.807) is 25.3 Å². The van der Waals surface area contributed by atoms with Gasteiger partial charge < -0.3 is 4.74 Å². The van der Waals surface area contributed by atoms with Gasteiger partial charge in [-0.2, -0.15) is 0 Å². The Labute approximate surface area is 79.9 Å². The van der Waals surface area contributed by atoms with E-state index in [-0.39, 0.29) is 0 Å². The monoisotopic (exact) mass is 202 g/mol. The third-order valence-electron chi connectivity index (χ3n) is 1.30. The van der Waals surface area contributed by atoms with Crippen LogP contribution >= 0.6 is 23.4 Å². The summed E-state index contributed by atoms with van der Waals surface area (Å²) in [5.41, 5.74) is 0.744. The molecule has 12 heavy (non-hydrogen) atoms. The van der Waals surface area contributed by atoms with Crippen molar-refractivity contribution in [2.75, 3.05) is 7.11 Å². The van der Waals surface area contributed by atoms with Crippen molar-refractivity contribution >= 4 is 29.0 Å². The molecule has 0 bridgehead atoms. The van der Waals surface area contributed by atoms with Crippen LogP contribution in [-0.2, 0) is 4.79 Å². The first kappa shape index (κ1) is 9.42. The van der Waals surface area contributed by atoms with Crippen molar-refractivity contribution in [1.82, 2.24) is 0 Å².